The number of ketones is 1. The van der Waals surface area contributed by atoms with Crippen LogP contribution in [0.3, 0.4) is 0 Å². The van der Waals surface area contributed by atoms with Gasteiger partial charge in [-0.05, 0) is 18.2 Å². The summed E-state index contributed by atoms with van der Waals surface area (Å²) in [6, 6.07) is 6.20. The first-order chi connectivity index (χ1) is 9.95. The van der Waals surface area contributed by atoms with E-state index in [-0.39, 0.29) is 52.1 Å². The summed E-state index contributed by atoms with van der Waals surface area (Å²) in [6.07, 6.45) is -0.902. The predicted molar refractivity (Wildman–Crippen MR) is 71.9 cm³/mol. The highest BCUT2D eigenvalue weighted by atomic mass is 16.5. The highest BCUT2D eigenvalue weighted by molar-refractivity contribution is 6.02. The van der Waals surface area contributed by atoms with Crippen molar-refractivity contribution in [3.8, 4) is 28.7 Å². The second kappa shape index (κ2) is 4.59. The van der Waals surface area contributed by atoms with Crippen molar-refractivity contribution in [3.05, 3.63) is 41.5 Å². The van der Waals surface area contributed by atoms with Crippen LogP contribution in [-0.4, -0.2) is 26.2 Å². The number of hydrogen-bond acceptors (Lipinski definition) is 6. The maximum atomic E-state index is 12.1. The van der Waals surface area contributed by atoms with Gasteiger partial charge in [0.15, 0.2) is 5.78 Å². The molecule has 0 saturated heterocycles. The lowest BCUT2D eigenvalue weighted by Crippen LogP contribution is -2.20. The molecule has 0 bridgehead atoms. The Morgan fingerprint density at radius 3 is 2.48 bits per heavy atom. The topological polar surface area (TPSA) is 107 Å². The zero-order valence-electron chi connectivity index (χ0n) is 10.8. The summed E-state index contributed by atoms with van der Waals surface area (Å²) < 4.78 is 5.57. The van der Waals surface area contributed by atoms with Crippen LogP contribution in [0.25, 0.3) is 0 Å². The highest BCUT2D eigenvalue weighted by Gasteiger charge is 2.32. The van der Waals surface area contributed by atoms with Gasteiger partial charge in [0, 0.05) is 17.7 Å². The van der Waals surface area contributed by atoms with Crippen molar-refractivity contribution in [1.82, 2.24) is 0 Å². The Morgan fingerprint density at radius 1 is 0.952 bits per heavy atom. The zero-order valence-corrected chi connectivity index (χ0v) is 10.8. The average Bonchev–Trinajstić information content (AvgIpc) is 2.40. The third kappa shape index (κ3) is 2.20. The van der Waals surface area contributed by atoms with Crippen LogP contribution in [-0.2, 0) is 0 Å². The number of ether oxygens (including phenoxy) is 1. The molecule has 0 amide bonds. The fourth-order valence-electron chi connectivity index (χ4n) is 2.40. The summed E-state index contributed by atoms with van der Waals surface area (Å²) in [7, 11) is 0. The van der Waals surface area contributed by atoms with E-state index < -0.39 is 6.10 Å². The molecule has 108 valence electrons. The van der Waals surface area contributed by atoms with Gasteiger partial charge in [-0.3, -0.25) is 4.79 Å². The van der Waals surface area contributed by atoms with Crippen molar-refractivity contribution in [3.63, 3.8) is 0 Å². The Labute approximate surface area is 119 Å². The minimum Gasteiger partial charge on any atom is -0.508 e. The third-order valence-electron chi connectivity index (χ3n) is 3.34. The lowest BCUT2D eigenvalue weighted by Gasteiger charge is -2.26. The molecular formula is C15H12O6. The number of phenols is 4. The maximum Gasteiger partial charge on any atom is 0.174 e. The largest absolute Gasteiger partial charge is 0.508 e. The van der Waals surface area contributed by atoms with Gasteiger partial charge in [-0.1, -0.05) is 0 Å². The van der Waals surface area contributed by atoms with Crippen LogP contribution < -0.4 is 4.74 Å². The van der Waals surface area contributed by atoms with Gasteiger partial charge in [-0.15, -0.1) is 0 Å². The molecule has 1 heterocycles. The molecule has 0 spiro atoms. The van der Waals surface area contributed by atoms with Gasteiger partial charge in [0.05, 0.1) is 6.42 Å². The molecule has 0 aromatic heterocycles. The molecule has 4 N–H and O–H groups in total. The Hall–Kier alpha value is -2.89. The Balaban J connectivity index is 2.06. The van der Waals surface area contributed by atoms with E-state index in [0.717, 1.165) is 6.07 Å². The molecule has 21 heavy (non-hydrogen) atoms. The van der Waals surface area contributed by atoms with Crippen molar-refractivity contribution < 1.29 is 30.0 Å². The Morgan fingerprint density at radius 2 is 1.71 bits per heavy atom. The molecule has 1 aliphatic heterocycles. The molecule has 0 unspecified atom stereocenters. The van der Waals surface area contributed by atoms with E-state index in [0.29, 0.717) is 0 Å². The van der Waals surface area contributed by atoms with Crippen LogP contribution in [0.15, 0.2) is 30.3 Å². The SMILES string of the molecule is O=C1C[C@H](c2cc(O)ccc2O)Oc2cc(O)cc(O)c21. The lowest BCUT2D eigenvalue weighted by atomic mass is 9.95. The molecule has 2 aromatic carbocycles. The molecule has 6 nitrogen and oxygen atoms in total. The van der Waals surface area contributed by atoms with Gasteiger partial charge in [0.2, 0.25) is 0 Å². The third-order valence-corrected chi connectivity index (χ3v) is 3.34. The fourth-order valence-corrected chi connectivity index (χ4v) is 2.40. The molecule has 0 fully saturated rings. The first-order valence-electron chi connectivity index (χ1n) is 6.23. The number of phenolic OH excluding ortho intramolecular Hbond substituents is 4. The number of benzene rings is 2. The summed E-state index contributed by atoms with van der Waals surface area (Å²) >= 11 is 0. The van der Waals surface area contributed by atoms with Crippen LogP contribution in [0, 0.1) is 0 Å². The Bertz CT molecular complexity index is 737. The van der Waals surface area contributed by atoms with Gasteiger partial charge in [-0.2, -0.15) is 0 Å². The van der Waals surface area contributed by atoms with Gasteiger partial charge in [0.25, 0.3) is 0 Å². The van der Waals surface area contributed by atoms with Crippen LogP contribution in [0.4, 0.5) is 0 Å². The molecule has 0 aliphatic carbocycles. The summed E-state index contributed by atoms with van der Waals surface area (Å²) in [5, 5.41) is 38.5. The van der Waals surface area contributed by atoms with Crippen molar-refractivity contribution in [2.75, 3.05) is 0 Å². The maximum absolute atomic E-state index is 12.1. The summed E-state index contributed by atoms with van der Waals surface area (Å²) in [5.41, 5.74) is 0.264. The molecule has 2 aromatic rings. The van der Waals surface area contributed by atoms with Gasteiger partial charge in [-0.25, -0.2) is 0 Å². The normalized spacial score (nSPS) is 17.1. The van der Waals surface area contributed by atoms with E-state index in [4.69, 9.17) is 4.74 Å². The highest BCUT2D eigenvalue weighted by Crippen LogP contribution is 2.43. The molecule has 0 saturated carbocycles. The molecule has 1 aliphatic rings. The number of carbonyl (C=O) groups excluding carboxylic acids is 1. The van der Waals surface area contributed by atoms with E-state index in [9.17, 15) is 25.2 Å². The van der Waals surface area contributed by atoms with Gasteiger partial charge < -0.3 is 25.2 Å². The first kappa shape index (κ1) is 13.1. The van der Waals surface area contributed by atoms with Crippen molar-refractivity contribution >= 4 is 5.78 Å². The van der Waals surface area contributed by atoms with Crippen LogP contribution in [0.2, 0.25) is 0 Å². The molecule has 0 radical (unpaired) electrons. The van der Waals surface area contributed by atoms with E-state index in [1.54, 1.807) is 0 Å². The quantitative estimate of drug-likeness (QED) is 0.599. The standard InChI is InChI=1S/C15H12O6/c16-7-1-2-10(18)9(3-7)13-6-12(20)15-11(19)4-8(17)5-14(15)21-13/h1-5,13,16-19H,6H2/t13-/m1/s1. The molecule has 3 rings (SSSR count). The Kier molecular flexibility index (Phi) is 2.86. The second-order valence-electron chi connectivity index (χ2n) is 4.81. The molecule has 6 heteroatoms. The smallest absolute Gasteiger partial charge is 0.174 e. The average molecular weight is 288 g/mol. The van der Waals surface area contributed by atoms with E-state index in [1.165, 1.54) is 24.3 Å². The predicted octanol–water partition coefficient (Wildman–Crippen LogP) is 2.22. The first-order valence-corrected chi connectivity index (χ1v) is 6.23. The van der Waals surface area contributed by atoms with Gasteiger partial charge >= 0.3 is 0 Å². The number of hydrogen-bond donors (Lipinski definition) is 4. The minimum absolute atomic E-state index is 0.00342. The van der Waals surface area contributed by atoms with E-state index >= 15 is 0 Å². The summed E-state index contributed by atoms with van der Waals surface area (Å²) in [4.78, 5) is 12.1. The van der Waals surface area contributed by atoms with E-state index in [2.05, 4.69) is 0 Å². The van der Waals surface area contributed by atoms with Crippen LogP contribution in [0.5, 0.6) is 28.7 Å². The number of carbonyl (C=O) groups is 1. The van der Waals surface area contributed by atoms with Crippen LogP contribution >= 0.6 is 0 Å². The van der Waals surface area contributed by atoms with Crippen molar-refractivity contribution in [2.45, 2.75) is 12.5 Å². The zero-order chi connectivity index (χ0) is 15.1. The van der Waals surface area contributed by atoms with E-state index in [1.807, 2.05) is 0 Å². The minimum atomic E-state index is -0.807. The lowest BCUT2D eigenvalue weighted by molar-refractivity contribution is 0.0841. The number of Topliss-reactive ketones (excluding diaryl/α,β-unsaturated/α-hetero) is 1. The molecular weight excluding hydrogens is 276 g/mol. The molecule has 1 atom stereocenters. The monoisotopic (exact) mass is 288 g/mol. The van der Waals surface area contributed by atoms with Crippen molar-refractivity contribution in [1.29, 1.82) is 0 Å². The number of fused-ring (bicyclic) bond motifs is 1. The fraction of sp³-hybridized carbons (Fsp3) is 0.133. The summed E-state index contributed by atoms with van der Waals surface area (Å²) in [5.74, 6) is -1.10. The number of rotatable bonds is 1. The summed E-state index contributed by atoms with van der Waals surface area (Å²) in [6.45, 7) is 0. The van der Waals surface area contributed by atoms with Crippen molar-refractivity contribution in [2.24, 2.45) is 0 Å². The second-order valence-corrected chi connectivity index (χ2v) is 4.81. The number of aromatic hydroxyl groups is 4. The van der Waals surface area contributed by atoms with Gasteiger partial charge in [0.1, 0.15) is 40.4 Å². The van der Waals surface area contributed by atoms with Crippen LogP contribution in [0.1, 0.15) is 28.4 Å².